The van der Waals surface area contributed by atoms with Gasteiger partial charge in [-0.1, -0.05) is 6.07 Å². The molecule has 0 unspecified atom stereocenters. The standard InChI is InChI=1S/C12H20N2O3S2/c1-10(13-19(2,15)16)12(11-4-3-9-18-11)14-5-7-17-8-6-14/h3-4,9-10,12-13H,5-8H2,1-2H3/p+1/t10-,12-/m0/s1. The first-order valence-electron chi connectivity index (χ1n) is 6.40. The summed E-state index contributed by atoms with van der Waals surface area (Å²) in [7, 11) is -3.19. The molecule has 5 nitrogen and oxygen atoms in total. The first-order chi connectivity index (χ1) is 8.97. The molecule has 0 saturated carbocycles. The molecular formula is C12H21N2O3S2+. The van der Waals surface area contributed by atoms with Gasteiger partial charge in [-0.3, -0.25) is 0 Å². The monoisotopic (exact) mass is 305 g/mol. The van der Waals surface area contributed by atoms with E-state index in [0.29, 0.717) is 0 Å². The number of sulfonamides is 1. The number of hydrogen-bond donors (Lipinski definition) is 2. The average molecular weight is 305 g/mol. The highest BCUT2D eigenvalue weighted by Crippen LogP contribution is 2.20. The van der Waals surface area contributed by atoms with Gasteiger partial charge in [-0.05, 0) is 18.4 Å². The second-order valence-corrected chi connectivity index (χ2v) is 7.70. The van der Waals surface area contributed by atoms with Gasteiger partial charge < -0.3 is 9.64 Å². The van der Waals surface area contributed by atoms with Crippen molar-refractivity contribution in [2.75, 3.05) is 32.6 Å². The summed E-state index contributed by atoms with van der Waals surface area (Å²) in [6, 6.07) is 4.12. The highest BCUT2D eigenvalue weighted by Gasteiger charge is 2.33. The van der Waals surface area contributed by atoms with Crippen molar-refractivity contribution in [2.45, 2.75) is 19.0 Å². The van der Waals surface area contributed by atoms with Crippen LogP contribution in [-0.2, 0) is 14.8 Å². The molecule has 0 amide bonds. The van der Waals surface area contributed by atoms with Crippen LogP contribution >= 0.6 is 11.3 Å². The summed E-state index contributed by atoms with van der Waals surface area (Å²) < 4.78 is 31.0. The Balaban J connectivity index is 2.18. The predicted octanol–water partition coefficient (Wildman–Crippen LogP) is -0.358. The predicted molar refractivity (Wildman–Crippen MR) is 76.0 cm³/mol. The second kappa shape index (κ2) is 6.32. The second-order valence-electron chi connectivity index (χ2n) is 4.94. The summed E-state index contributed by atoms with van der Waals surface area (Å²) in [5, 5.41) is 2.04. The molecule has 1 saturated heterocycles. The van der Waals surface area contributed by atoms with Gasteiger partial charge in [-0.15, -0.1) is 11.3 Å². The van der Waals surface area contributed by atoms with Crippen LogP contribution in [-0.4, -0.2) is 47.0 Å². The third-order valence-electron chi connectivity index (χ3n) is 3.32. The van der Waals surface area contributed by atoms with Gasteiger partial charge in [0.1, 0.15) is 19.1 Å². The van der Waals surface area contributed by atoms with Crippen molar-refractivity contribution in [1.82, 2.24) is 4.72 Å². The minimum Gasteiger partial charge on any atom is -0.370 e. The van der Waals surface area contributed by atoms with E-state index in [1.165, 1.54) is 16.0 Å². The van der Waals surface area contributed by atoms with Crippen molar-refractivity contribution < 1.29 is 18.1 Å². The Kier molecular flexibility index (Phi) is 4.97. The lowest BCUT2D eigenvalue weighted by atomic mass is 10.1. The lowest BCUT2D eigenvalue weighted by Crippen LogP contribution is -3.15. The Morgan fingerprint density at radius 1 is 1.42 bits per heavy atom. The van der Waals surface area contributed by atoms with Crippen molar-refractivity contribution in [3.05, 3.63) is 22.4 Å². The first-order valence-corrected chi connectivity index (χ1v) is 9.17. The van der Waals surface area contributed by atoms with E-state index >= 15 is 0 Å². The maximum absolute atomic E-state index is 11.5. The van der Waals surface area contributed by atoms with E-state index in [1.807, 2.05) is 18.4 Å². The summed E-state index contributed by atoms with van der Waals surface area (Å²) >= 11 is 1.68. The molecule has 2 rings (SSSR count). The first kappa shape index (κ1) is 14.9. The fourth-order valence-corrected chi connectivity index (χ4v) is 4.42. The van der Waals surface area contributed by atoms with Gasteiger partial charge in [0.05, 0.1) is 30.4 Å². The summed E-state index contributed by atoms with van der Waals surface area (Å²) in [5.74, 6) is 0. The van der Waals surface area contributed by atoms with Gasteiger partial charge in [0.2, 0.25) is 10.0 Å². The number of hydrogen-bond acceptors (Lipinski definition) is 4. The molecule has 1 aromatic rings. The lowest BCUT2D eigenvalue weighted by molar-refractivity contribution is -0.939. The lowest BCUT2D eigenvalue weighted by Gasteiger charge is -2.34. The van der Waals surface area contributed by atoms with Gasteiger partial charge >= 0.3 is 0 Å². The molecule has 7 heteroatoms. The van der Waals surface area contributed by atoms with E-state index in [1.54, 1.807) is 11.3 Å². The molecule has 0 bridgehead atoms. The van der Waals surface area contributed by atoms with Gasteiger partial charge in [0, 0.05) is 0 Å². The van der Waals surface area contributed by atoms with E-state index < -0.39 is 10.0 Å². The van der Waals surface area contributed by atoms with E-state index in [0.717, 1.165) is 26.3 Å². The van der Waals surface area contributed by atoms with Crippen LogP contribution in [0.3, 0.4) is 0 Å². The molecule has 19 heavy (non-hydrogen) atoms. The van der Waals surface area contributed by atoms with Crippen LogP contribution in [0.25, 0.3) is 0 Å². The zero-order chi connectivity index (χ0) is 13.9. The Morgan fingerprint density at radius 2 is 2.11 bits per heavy atom. The quantitative estimate of drug-likeness (QED) is 0.781. The average Bonchev–Trinajstić information content (AvgIpc) is 2.82. The molecule has 1 fully saturated rings. The van der Waals surface area contributed by atoms with Crippen molar-refractivity contribution in [3.63, 3.8) is 0 Å². The molecule has 108 valence electrons. The van der Waals surface area contributed by atoms with Gasteiger partial charge in [0.25, 0.3) is 0 Å². The third-order valence-corrected chi connectivity index (χ3v) is 5.08. The van der Waals surface area contributed by atoms with E-state index in [9.17, 15) is 8.42 Å². The molecule has 0 aliphatic carbocycles. The smallest absolute Gasteiger partial charge is 0.209 e. The summed E-state index contributed by atoms with van der Waals surface area (Å²) in [4.78, 5) is 2.61. The number of rotatable bonds is 5. The number of nitrogens with one attached hydrogen (secondary N) is 2. The van der Waals surface area contributed by atoms with Crippen LogP contribution < -0.4 is 9.62 Å². The van der Waals surface area contributed by atoms with Crippen molar-refractivity contribution >= 4 is 21.4 Å². The van der Waals surface area contributed by atoms with Crippen LogP contribution in [0.1, 0.15) is 17.8 Å². The van der Waals surface area contributed by atoms with Gasteiger partial charge in [-0.25, -0.2) is 13.1 Å². The molecule has 0 radical (unpaired) electrons. The Hall–Kier alpha value is -0.470. The summed E-state index contributed by atoms with van der Waals surface area (Å²) in [5.41, 5.74) is 0. The normalized spacial score (nSPS) is 21.2. The highest BCUT2D eigenvalue weighted by atomic mass is 32.2. The van der Waals surface area contributed by atoms with E-state index in [-0.39, 0.29) is 12.1 Å². The molecule has 1 aliphatic heterocycles. The summed E-state index contributed by atoms with van der Waals surface area (Å²) in [6.07, 6.45) is 1.21. The maximum atomic E-state index is 11.5. The molecule has 1 aliphatic rings. The minimum atomic E-state index is -3.19. The van der Waals surface area contributed by atoms with Crippen LogP contribution in [0.4, 0.5) is 0 Å². The topological polar surface area (TPSA) is 59.8 Å². The molecule has 2 N–H and O–H groups in total. The van der Waals surface area contributed by atoms with E-state index in [2.05, 4.69) is 10.8 Å². The van der Waals surface area contributed by atoms with Crippen LogP contribution in [0.15, 0.2) is 17.5 Å². The molecule has 2 atom stereocenters. The Morgan fingerprint density at radius 3 is 2.63 bits per heavy atom. The molecular weight excluding hydrogens is 284 g/mol. The van der Waals surface area contributed by atoms with Crippen molar-refractivity contribution in [1.29, 1.82) is 0 Å². The molecule has 2 heterocycles. The fourth-order valence-electron chi connectivity index (χ4n) is 2.62. The Labute approximate surface area is 118 Å². The third kappa shape index (κ3) is 4.25. The molecule has 0 aromatic carbocycles. The van der Waals surface area contributed by atoms with Crippen molar-refractivity contribution in [3.8, 4) is 0 Å². The SMILES string of the molecule is C[C@H](NS(C)(=O)=O)[C@@H](c1cccs1)[NH+]1CCOCC1. The maximum Gasteiger partial charge on any atom is 0.209 e. The summed E-state index contributed by atoms with van der Waals surface area (Å²) in [6.45, 7) is 5.25. The Bertz CT molecular complexity index is 481. The van der Waals surface area contributed by atoms with Crippen LogP contribution in [0, 0.1) is 0 Å². The largest absolute Gasteiger partial charge is 0.370 e. The fraction of sp³-hybridized carbons (Fsp3) is 0.667. The van der Waals surface area contributed by atoms with Crippen LogP contribution in [0.5, 0.6) is 0 Å². The number of morpholine rings is 1. The van der Waals surface area contributed by atoms with Gasteiger partial charge in [0.15, 0.2) is 0 Å². The van der Waals surface area contributed by atoms with E-state index in [4.69, 9.17) is 4.74 Å². The molecule has 1 aromatic heterocycles. The number of ether oxygens (including phenoxy) is 1. The van der Waals surface area contributed by atoms with Crippen LogP contribution in [0.2, 0.25) is 0 Å². The number of thiophene rings is 1. The molecule has 0 spiro atoms. The highest BCUT2D eigenvalue weighted by molar-refractivity contribution is 7.88. The zero-order valence-corrected chi connectivity index (χ0v) is 12.9. The van der Waals surface area contributed by atoms with Gasteiger partial charge in [-0.2, -0.15) is 0 Å². The zero-order valence-electron chi connectivity index (χ0n) is 11.3. The van der Waals surface area contributed by atoms with Crippen molar-refractivity contribution in [2.24, 2.45) is 0 Å². The minimum absolute atomic E-state index is 0.123. The number of quaternary nitrogens is 1.